The third-order valence-corrected chi connectivity index (χ3v) is 4.74. The molecule has 1 saturated heterocycles. The van der Waals surface area contributed by atoms with Crippen LogP contribution in [0.25, 0.3) is 0 Å². The van der Waals surface area contributed by atoms with Crippen molar-refractivity contribution in [2.75, 3.05) is 51.0 Å². The molecule has 4 N–H and O–H groups in total. The number of hydrogen-bond acceptors (Lipinski definition) is 7. The van der Waals surface area contributed by atoms with Crippen LogP contribution in [0.15, 0.2) is 0 Å². The van der Waals surface area contributed by atoms with Crippen molar-refractivity contribution < 1.29 is 9.53 Å². The van der Waals surface area contributed by atoms with E-state index in [-0.39, 0.29) is 11.9 Å². The van der Waals surface area contributed by atoms with E-state index in [4.69, 9.17) is 16.2 Å². The molecule has 1 fully saturated rings. The minimum absolute atomic E-state index is 0.109. The van der Waals surface area contributed by atoms with E-state index in [2.05, 4.69) is 9.88 Å². The number of rotatable bonds is 5. The Morgan fingerprint density at radius 3 is 2.81 bits per heavy atom. The van der Waals surface area contributed by atoms with Crippen LogP contribution in [-0.2, 0) is 4.74 Å². The molecule has 0 saturated carbocycles. The minimum atomic E-state index is -0.109. The fraction of sp³-hybridized carbons (Fsp3) is 0.692. The first kappa shape index (κ1) is 16.0. The predicted molar refractivity (Wildman–Crippen MR) is 84.8 cm³/mol. The molecule has 1 aliphatic rings. The van der Waals surface area contributed by atoms with Gasteiger partial charge in [0.25, 0.3) is 5.91 Å². The molecule has 0 aromatic carbocycles. The van der Waals surface area contributed by atoms with Crippen LogP contribution in [0.1, 0.15) is 22.5 Å². The quantitative estimate of drug-likeness (QED) is 0.815. The van der Waals surface area contributed by atoms with E-state index in [1.807, 2.05) is 0 Å². The normalized spacial score (nSPS) is 16.2. The van der Waals surface area contributed by atoms with E-state index in [1.165, 1.54) is 11.3 Å². The summed E-state index contributed by atoms with van der Waals surface area (Å²) < 4.78 is 4.98. The lowest BCUT2D eigenvalue weighted by Gasteiger charge is -2.29. The van der Waals surface area contributed by atoms with Crippen molar-refractivity contribution >= 4 is 28.2 Å². The topological polar surface area (TPSA) is 97.7 Å². The van der Waals surface area contributed by atoms with Crippen molar-refractivity contribution in [2.24, 2.45) is 5.73 Å². The molecule has 8 heteroatoms. The van der Waals surface area contributed by atoms with Gasteiger partial charge in [0.05, 0.1) is 6.61 Å². The summed E-state index contributed by atoms with van der Waals surface area (Å²) in [6.07, 6.45) is 1.88. The van der Waals surface area contributed by atoms with Gasteiger partial charge in [-0.1, -0.05) is 11.3 Å². The molecule has 7 nitrogen and oxygen atoms in total. The van der Waals surface area contributed by atoms with Gasteiger partial charge in [0, 0.05) is 39.8 Å². The second kappa shape index (κ2) is 7.06. The zero-order valence-electron chi connectivity index (χ0n) is 12.5. The second-order valence-corrected chi connectivity index (χ2v) is 6.23. The molecular weight excluding hydrogens is 290 g/mol. The number of likely N-dealkylation sites (N-methyl/N-ethyl adjacent to an activating group) is 1. The number of carbonyl (C=O) groups excluding carboxylic acids is 1. The maximum Gasteiger partial charge on any atom is 0.267 e. The summed E-state index contributed by atoms with van der Waals surface area (Å²) in [6, 6.07) is 0.264. The number of nitrogens with zero attached hydrogens (tertiary/aromatic N) is 3. The average molecular weight is 313 g/mol. The largest absolute Gasteiger partial charge is 0.383 e. The van der Waals surface area contributed by atoms with Gasteiger partial charge in [0.1, 0.15) is 10.7 Å². The van der Waals surface area contributed by atoms with E-state index >= 15 is 0 Å². The van der Waals surface area contributed by atoms with Crippen LogP contribution in [0.3, 0.4) is 0 Å². The van der Waals surface area contributed by atoms with Crippen LogP contribution in [-0.4, -0.2) is 62.2 Å². The molecule has 0 aliphatic carbocycles. The number of piperidine rings is 1. The average Bonchev–Trinajstić information content (AvgIpc) is 2.86. The van der Waals surface area contributed by atoms with Crippen molar-refractivity contribution in [3.05, 3.63) is 4.88 Å². The van der Waals surface area contributed by atoms with E-state index in [0.29, 0.717) is 23.8 Å². The number of hydrogen-bond donors (Lipinski definition) is 2. The van der Waals surface area contributed by atoms with Crippen LogP contribution in [0, 0.1) is 0 Å². The number of anilines is 2. The zero-order chi connectivity index (χ0) is 15.4. The maximum absolute atomic E-state index is 12.3. The third kappa shape index (κ3) is 3.84. The van der Waals surface area contributed by atoms with Gasteiger partial charge in [-0.2, -0.15) is 0 Å². The number of ether oxygens (including phenoxy) is 1. The van der Waals surface area contributed by atoms with Crippen LogP contribution in [0.2, 0.25) is 0 Å². The summed E-state index contributed by atoms with van der Waals surface area (Å²) in [5, 5.41) is 0.808. The molecule has 21 heavy (non-hydrogen) atoms. The smallest absolute Gasteiger partial charge is 0.267 e. The number of nitrogens with two attached hydrogens (primary N) is 2. The number of nitrogen functional groups attached to an aromatic ring is 1. The van der Waals surface area contributed by atoms with Crippen molar-refractivity contribution in [1.82, 2.24) is 9.88 Å². The number of amides is 1. The number of methoxy groups -OCH3 is 1. The Morgan fingerprint density at radius 2 is 2.19 bits per heavy atom. The summed E-state index contributed by atoms with van der Waals surface area (Å²) in [5.74, 6) is 0.196. The van der Waals surface area contributed by atoms with Crippen molar-refractivity contribution in [3.8, 4) is 0 Å². The molecule has 1 aromatic rings. The van der Waals surface area contributed by atoms with E-state index in [0.717, 1.165) is 31.1 Å². The van der Waals surface area contributed by atoms with Gasteiger partial charge in [-0.15, -0.1) is 0 Å². The van der Waals surface area contributed by atoms with Crippen LogP contribution in [0.5, 0.6) is 0 Å². The Hall–Kier alpha value is -1.38. The third-order valence-electron chi connectivity index (χ3n) is 3.62. The monoisotopic (exact) mass is 313 g/mol. The maximum atomic E-state index is 12.3. The fourth-order valence-corrected chi connectivity index (χ4v) is 3.23. The summed E-state index contributed by atoms with van der Waals surface area (Å²) >= 11 is 1.35. The molecular formula is C13H23N5O2S. The summed E-state index contributed by atoms with van der Waals surface area (Å²) in [7, 11) is 3.35. The molecule has 2 rings (SSSR count). The number of aromatic nitrogens is 1. The van der Waals surface area contributed by atoms with Gasteiger partial charge in [0.15, 0.2) is 5.13 Å². The highest BCUT2D eigenvalue weighted by Gasteiger charge is 2.24. The standard InChI is InChI=1S/C13H23N5O2S/c1-17(7-8-20-2)12(19)10-11(15)16-13(21-10)18-5-3-9(14)4-6-18/h9H,3-8,14-15H2,1-2H3. The minimum Gasteiger partial charge on any atom is -0.383 e. The van der Waals surface area contributed by atoms with Gasteiger partial charge in [-0.25, -0.2) is 4.98 Å². The Labute approximate surface area is 128 Å². The molecule has 118 valence electrons. The highest BCUT2D eigenvalue weighted by molar-refractivity contribution is 7.18. The van der Waals surface area contributed by atoms with Crippen molar-refractivity contribution in [3.63, 3.8) is 0 Å². The lowest BCUT2D eigenvalue weighted by Crippen LogP contribution is -2.39. The lowest BCUT2D eigenvalue weighted by atomic mass is 10.1. The molecule has 1 amide bonds. The van der Waals surface area contributed by atoms with Crippen molar-refractivity contribution in [1.29, 1.82) is 0 Å². The van der Waals surface area contributed by atoms with E-state index in [1.54, 1.807) is 19.1 Å². The number of carbonyl (C=O) groups is 1. The number of thiazole rings is 1. The van der Waals surface area contributed by atoms with Gasteiger partial charge in [-0.3, -0.25) is 4.79 Å². The molecule has 0 spiro atoms. The molecule has 0 radical (unpaired) electrons. The summed E-state index contributed by atoms with van der Waals surface area (Å²) in [6.45, 7) is 2.75. The molecule has 0 bridgehead atoms. The SMILES string of the molecule is COCCN(C)C(=O)c1sc(N2CCC(N)CC2)nc1N. The van der Waals surface area contributed by atoms with E-state index < -0.39 is 0 Å². The Kier molecular flexibility index (Phi) is 5.38. The fourth-order valence-electron chi connectivity index (χ4n) is 2.20. The Bertz CT molecular complexity index is 485. The first-order chi connectivity index (χ1) is 10.0. The summed E-state index contributed by atoms with van der Waals surface area (Å²) in [5.41, 5.74) is 11.8. The Morgan fingerprint density at radius 1 is 1.52 bits per heavy atom. The molecule has 1 aliphatic heterocycles. The lowest BCUT2D eigenvalue weighted by molar-refractivity contribution is 0.0749. The molecule has 0 atom stereocenters. The van der Waals surface area contributed by atoms with Crippen LogP contribution < -0.4 is 16.4 Å². The highest BCUT2D eigenvalue weighted by Crippen LogP contribution is 2.30. The van der Waals surface area contributed by atoms with Gasteiger partial charge in [0.2, 0.25) is 0 Å². The van der Waals surface area contributed by atoms with Crippen LogP contribution >= 0.6 is 11.3 Å². The zero-order valence-corrected chi connectivity index (χ0v) is 13.4. The Balaban J connectivity index is 2.06. The summed E-state index contributed by atoms with van der Waals surface area (Å²) in [4.78, 5) is 20.9. The van der Waals surface area contributed by atoms with Crippen molar-refractivity contribution in [2.45, 2.75) is 18.9 Å². The molecule has 0 unspecified atom stereocenters. The first-order valence-corrected chi connectivity index (χ1v) is 7.85. The van der Waals surface area contributed by atoms with Gasteiger partial charge < -0.3 is 26.0 Å². The first-order valence-electron chi connectivity index (χ1n) is 7.04. The molecule has 2 heterocycles. The van der Waals surface area contributed by atoms with Gasteiger partial charge >= 0.3 is 0 Å². The highest BCUT2D eigenvalue weighted by atomic mass is 32.1. The predicted octanol–water partition coefficient (Wildman–Crippen LogP) is 0.371. The molecule has 1 aromatic heterocycles. The van der Waals surface area contributed by atoms with E-state index in [9.17, 15) is 4.79 Å². The second-order valence-electron chi connectivity index (χ2n) is 5.25. The van der Waals surface area contributed by atoms with Crippen LogP contribution in [0.4, 0.5) is 10.9 Å². The van der Waals surface area contributed by atoms with Gasteiger partial charge in [-0.05, 0) is 12.8 Å².